The van der Waals surface area contributed by atoms with E-state index in [4.69, 9.17) is 9.47 Å². The number of ether oxygens (including phenoxy) is 2. The molecular formula is C17H30O3. The molecule has 0 bridgehead atoms. The van der Waals surface area contributed by atoms with Crippen molar-refractivity contribution in [1.29, 1.82) is 0 Å². The predicted molar refractivity (Wildman–Crippen MR) is 81.7 cm³/mol. The fourth-order valence-electron chi connectivity index (χ4n) is 2.52. The topological polar surface area (TPSA) is 35.5 Å². The van der Waals surface area contributed by atoms with Gasteiger partial charge in [0.05, 0.1) is 6.10 Å². The van der Waals surface area contributed by atoms with E-state index in [1.54, 1.807) is 6.08 Å². The second-order valence-electron chi connectivity index (χ2n) is 5.65. The van der Waals surface area contributed by atoms with E-state index < -0.39 is 0 Å². The molecule has 20 heavy (non-hydrogen) atoms. The van der Waals surface area contributed by atoms with Crippen molar-refractivity contribution in [3.63, 3.8) is 0 Å². The molecule has 1 aliphatic heterocycles. The van der Waals surface area contributed by atoms with Crippen molar-refractivity contribution in [2.75, 3.05) is 6.61 Å². The Bertz CT molecular complexity index is 257. The molecule has 0 aliphatic carbocycles. The summed E-state index contributed by atoms with van der Waals surface area (Å²) in [6, 6.07) is 0. The van der Waals surface area contributed by atoms with Crippen LogP contribution in [0.1, 0.15) is 71.1 Å². The number of hydrogen-bond donors (Lipinski definition) is 0. The minimum Gasteiger partial charge on any atom is -0.353 e. The lowest BCUT2D eigenvalue weighted by Gasteiger charge is -2.26. The minimum absolute atomic E-state index is 0.0448. The van der Waals surface area contributed by atoms with E-state index in [0.717, 1.165) is 32.2 Å². The first-order chi connectivity index (χ1) is 9.83. The number of rotatable bonds is 11. The van der Waals surface area contributed by atoms with Crippen LogP contribution in [-0.4, -0.2) is 25.3 Å². The van der Waals surface area contributed by atoms with Crippen LogP contribution in [-0.2, 0) is 14.3 Å². The number of allylic oxidation sites excluding steroid dienone is 2. The first-order valence-electron chi connectivity index (χ1n) is 8.20. The lowest BCUT2D eigenvalue weighted by molar-refractivity contribution is -0.185. The van der Waals surface area contributed by atoms with Crippen LogP contribution in [0.25, 0.3) is 0 Å². The summed E-state index contributed by atoms with van der Waals surface area (Å²) >= 11 is 0. The van der Waals surface area contributed by atoms with Crippen LogP contribution in [0.5, 0.6) is 0 Å². The molecule has 1 heterocycles. The third kappa shape index (κ3) is 9.27. The molecule has 1 rings (SSSR count). The number of aldehydes is 1. The zero-order chi connectivity index (χ0) is 14.5. The third-order valence-electron chi connectivity index (χ3n) is 3.72. The number of carbonyl (C=O) groups excluding carboxylic acids is 1. The highest BCUT2D eigenvalue weighted by Gasteiger charge is 2.16. The Hall–Kier alpha value is -0.670. The van der Waals surface area contributed by atoms with Crippen molar-refractivity contribution >= 4 is 6.29 Å². The molecule has 3 nitrogen and oxygen atoms in total. The maximum Gasteiger partial charge on any atom is 0.157 e. The van der Waals surface area contributed by atoms with Crippen LogP contribution >= 0.6 is 0 Å². The van der Waals surface area contributed by atoms with Crippen molar-refractivity contribution in [1.82, 2.24) is 0 Å². The molecule has 1 fully saturated rings. The van der Waals surface area contributed by atoms with Crippen molar-refractivity contribution in [3.05, 3.63) is 12.2 Å². The molecule has 0 amide bonds. The van der Waals surface area contributed by atoms with Gasteiger partial charge >= 0.3 is 0 Å². The van der Waals surface area contributed by atoms with E-state index in [1.807, 2.05) is 6.08 Å². The smallest absolute Gasteiger partial charge is 0.157 e. The molecule has 1 unspecified atom stereocenters. The van der Waals surface area contributed by atoms with Crippen LogP contribution in [0, 0.1) is 0 Å². The van der Waals surface area contributed by atoms with Crippen LogP contribution in [0.4, 0.5) is 0 Å². The van der Waals surface area contributed by atoms with Gasteiger partial charge in [0, 0.05) is 6.61 Å². The standard InChI is InChI=1S/C17H30O3/c1-16(20-17-13-9-11-15-19-17)12-8-6-4-2-3-5-7-10-14-18/h7,10,14,16-17H,2-6,8-9,11-13,15H2,1H3/b10-7+/t16-,17?/m1/s1. The molecule has 0 saturated carbocycles. The fourth-order valence-corrected chi connectivity index (χ4v) is 2.52. The molecule has 1 saturated heterocycles. The van der Waals surface area contributed by atoms with Crippen molar-refractivity contribution in [2.45, 2.75) is 83.5 Å². The van der Waals surface area contributed by atoms with E-state index in [0.29, 0.717) is 6.10 Å². The summed E-state index contributed by atoms with van der Waals surface area (Å²) in [6.45, 7) is 3.01. The number of hydrogen-bond acceptors (Lipinski definition) is 3. The van der Waals surface area contributed by atoms with E-state index in [1.165, 1.54) is 44.9 Å². The van der Waals surface area contributed by atoms with Crippen LogP contribution in [0.2, 0.25) is 0 Å². The summed E-state index contributed by atoms with van der Waals surface area (Å²) in [5.74, 6) is 0. The van der Waals surface area contributed by atoms with E-state index >= 15 is 0 Å². The average molecular weight is 282 g/mol. The zero-order valence-corrected chi connectivity index (χ0v) is 12.9. The van der Waals surface area contributed by atoms with Crippen LogP contribution in [0.3, 0.4) is 0 Å². The second-order valence-corrected chi connectivity index (χ2v) is 5.65. The molecule has 0 aromatic rings. The van der Waals surface area contributed by atoms with Gasteiger partial charge in [-0.2, -0.15) is 0 Å². The summed E-state index contributed by atoms with van der Waals surface area (Å²) in [7, 11) is 0. The quantitative estimate of drug-likeness (QED) is 0.320. The Morgan fingerprint density at radius 3 is 2.75 bits per heavy atom. The summed E-state index contributed by atoms with van der Waals surface area (Å²) in [5.41, 5.74) is 0. The third-order valence-corrected chi connectivity index (χ3v) is 3.72. The van der Waals surface area contributed by atoms with Gasteiger partial charge in [0.15, 0.2) is 6.29 Å². The summed E-state index contributed by atoms with van der Waals surface area (Å²) in [4.78, 5) is 10.1. The first kappa shape index (κ1) is 17.4. The van der Waals surface area contributed by atoms with Gasteiger partial charge in [-0.05, 0) is 51.5 Å². The lowest BCUT2D eigenvalue weighted by atomic mass is 10.1. The summed E-state index contributed by atoms with van der Waals surface area (Å²) in [6.07, 6.45) is 16.6. The molecule has 1 aliphatic rings. The van der Waals surface area contributed by atoms with Crippen molar-refractivity contribution in [3.8, 4) is 0 Å². The largest absolute Gasteiger partial charge is 0.353 e. The van der Waals surface area contributed by atoms with Crippen molar-refractivity contribution < 1.29 is 14.3 Å². The summed E-state index contributed by atoms with van der Waals surface area (Å²) < 4.78 is 11.5. The SMILES string of the molecule is C[C@H](CCCCCCC/C=C/C=O)OC1CCCCO1. The molecule has 3 heteroatoms. The Balaban J connectivity index is 1.87. The van der Waals surface area contributed by atoms with Crippen LogP contribution < -0.4 is 0 Å². The molecular weight excluding hydrogens is 252 g/mol. The Morgan fingerprint density at radius 2 is 2.00 bits per heavy atom. The van der Waals surface area contributed by atoms with Gasteiger partial charge < -0.3 is 9.47 Å². The average Bonchev–Trinajstić information content (AvgIpc) is 2.46. The van der Waals surface area contributed by atoms with Gasteiger partial charge in [0.25, 0.3) is 0 Å². The highest BCUT2D eigenvalue weighted by molar-refractivity contribution is 5.64. The maximum absolute atomic E-state index is 10.1. The minimum atomic E-state index is 0.0448. The lowest BCUT2D eigenvalue weighted by Crippen LogP contribution is -2.26. The predicted octanol–water partition coefficient (Wildman–Crippen LogP) is 4.40. The van der Waals surface area contributed by atoms with E-state index in [9.17, 15) is 4.79 Å². The van der Waals surface area contributed by atoms with E-state index in [-0.39, 0.29) is 6.29 Å². The molecule has 0 N–H and O–H groups in total. The molecule has 0 radical (unpaired) electrons. The van der Waals surface area contributed by atoms with Gasteiger partial charge in [-0.25, -0.2) is 0 Å². The molecule has 0 aromatic heterocycles. The number of carbonyl (C=O) groups is 1. The Morgan fingerprint density at radius 1 is 1.20 bits per heavy atom. The highest BCUT2D eigenvalue weighted by Crippen LogP contribution is 2.18. The molecule has 0 aromatic carbocycles. The normalized spacial score (nSPS) is 21.1. The molecule has 2 atom stereocenters. The van der Waals surface area contributed by atoms with Gasteiger partial charge in [-0.15, -0.1) is 0 Å². The first-order valence-corrected chi connectivity index (χ1v) is 8.20. The molecule has 116 valence electrons. The van der Waals surface area contributed by atoms with Gasteiger partial charge in [0.1, 0.15) is 6.29 Å². The highest BCUT2D eigenvalue weighted by atomic mass is 16.7. The van der Waals surface area contributed by atoms with Crippen molar-refractivity contribution in [2.24, 2.45) is 0 Å². The summed E-state index contributed by atoms with van der Waals surface area (Å²) in [5, 5.41) is 0. The fraction of sp³-hybridized carbons (Fsp3) is 0.824. The van der Waals surface area contributed by atoms with Gasteiger partial charge in [-0.3, -0.25) is 4.79 Å². The van der Waals surface area contributed by atoms with Crippen LogP contribution in [0.15, 0.2) is 12.2 Å². The number of unbranched alkanes of at least 4 members (excludes halogenated alkanes) is 5. The zero-order valence-electron chi connectivity index (χ0n) is 12.9. The Labute approximate surface area is 123 Å². The van der Waals surface area contributed by atoms with E-state index in [2.05, 4.69) is 6.92 Å². The monoisotopic (exact) mass is 282 g/mol. The maximum atomic E-state index is 10.1. The second kappa shape index (κ2) is 12.1. The molecule has 0 spiro atoms. The van der Waals surface area contributed by atoms with Gasteiger partial charge in [-0.1, -0.05) is 31.8 Å². The Kier molecular flexibility index (Phi) is 10.5. The van der Waals surface area contributed by atoms with Gasteiger partial charge in [0.2, 0.25) is 0 Å².